The summed E-state index contributed by atoms with van der Waals surface area (Å²) < 4.78 is 42.7. The van der Waals surface area contributed by atoms with Crippen LogP contribution in [0.4, 0.5) is 4.79 Å². The molecule has 0 N–H and O–H groups in total. The van der Waals surface area contributed by atoms with Crippen molar-refractivity contribution in [2.75, 3.05) is 20.3 Å². The van der Waals surface area contributed by atoms with Crippen molar-refractivity contribution in [1.29, 1.82) is 0 Å². The molecule has 1 saturated heterocycles. The fourth-order valence-electron chi connectivity index (χ4n) is 4.05. The van der Waals surface area contributed by atoms with Crippen LogP contribution < -0.4 is 13.7 Å². The van der Waals surface area contributed by atoms with Gasteiger partial charge in [0, 0.05) is 10.4 Å². The highest BCUT2D eigenvalue weighted by atomic mass is 35.5. The highest BCUT2D eigenvalue weighted by Gasteiger charge is 2.35. The first-order valence-corrected chi connectivity index (χ1v) is 14.6. The van der Waals surface area contributed by atoms with E-state index in [1.807, 2.05) is 18.2 Å². The molecular weight excluding hydrogens is 574 g/mol. The largest absolute Gasteiger partial charge is 0.493 e. The molecule has 1 aliphatic heterocycles. The number of imide groups is 1. The minimum atomic E-state index is -4.19. The van der Waals surface area contributed by atoms with Gasteiger partial charge in [-0.25, -0.2) is 0 Å². The predicted octanol–water partition coefficient (Wildman–Crippen LogP) is 6.38. The average Bonchev–Trinajstić information content (AvgIpc) is 3.21. The maximum Gasteiger partial charge on any atom is 0.339 e. The fourth-order valence-corrected chi connectivity index (χ4v) is 6.20. The second-order valence-corrected chi connectivity index (χ2v) is 11.5. The molecule has 0 aliphatic carbocycles. The first kappa shape index (κ1) is 27.6. The number of fused-ring (bicyclic) bond motifs is 1. The molecule has 0 radical (unpaired) electrons. The topological polar surface area (TPSA) is 99.2 Å². The number of carbonyl (C=O) groups excluding carboxylic acids is 2. The van der Waals surface area contributed by atoms with Crippen molar-refractivity contribution in [3.05, 3.63) is 100 Å². The molecule has 1 heterocycles. The van der Waals surface area contributed by atoms with E-state index in [1.165, 1.54) is 31.4 Å². The van der Waals surface area contributed by atoms with Gasteiger partial charge in [-0.2, -0.15) is 8.42 Å². The van der Waals surface area contributed by atoms with Gasteiger partial charge in [-0.15, -0.1) is 0 Å². The van der Waals surface area contributed by atoms with E-state index in [2.05, 4.69) is 0 Å². The fraction of sp³-hybridized carbons (Fsp3) is 0.103. The quantitative estimate of drug-likeness (QED) is 0.162. The number of rotatable bonds is 9. The molecule has 0 unspecified atom stereocenters. The Morgan fingerprint density at radius 2 is 1.68 bits per heavy atom. The highest BCUT2D eigenvalue weighted by molar-refractivity contribution is 8.18. The molecule has 5 rings (SSSR count). The summed E-state index contributed by atoms with van der Waals surface area (Å²) in [4.78, 5) is 26.7. The molecule has 204 valence electrons. The number of carbonyl (C=O) groups is 2. The summed E-state index contributed by atoms with van der Waals surface area (Å²) in [6, 6.07) is 23.4. The van der Waals surface area contributed by atoms with E-state index in [9.17, 15) is 18.0 Å². The molecule has 2 amide bonds. The van der Waals surface area contributed by atoms with E-state index in [0.29, 0.717) is 21.7 Å². The van der Waals surface area contributed by atoms with Crippen molar-refractivity contribution in [1.82, 2.24) is 4.90 Å². The van der Waals surface area contributed by atoms with Crippen molar-refractivity contribution in [3.63, 3.8) is 0 Å². The summed E-state index contributed by atoms with van der Waals surface area (Å²) in [5.74, 6) is 0.254. The van der Waals surface area contributed by atoms with Crippen molar-refractivity contribution < 1.29 is 31.7 Å². The van der Waals surface area contributed by atoms with Gasteiger partial charge in [0.1, 0.15) is 17.3 Å². The predicted molar refractivity (Wildman–Crippen MR) is 154 cm³/mol. The first-order chi connectivity index (χ1) is 19.2. The van der Waals surface area contributed by atoms with Crippen LogP contribution in [-0.2, 0) is 14.9 Å². The highest BCUT2D eigenvalue weighted by Crippen LogP contribution is 2.36. The molecule has 0 spiro atoms. The summed E-state index contributed by atoms with van der Waals surface area (Å²) in [6.45, 7) is 0.199. The second kappa shape index (κ2) is 11.6. The lowest BCUT2D eigenvalue weighted by atomic mass is 10.1. The average molecular weight is 596 g/mol. The Morgan fingerprint density at radius 1 is 0.925 bits per heavy atom. The number of halogens is 1. The minimum absolute atomic E-state index is 0.0139. The third kappa shape index (κ3) is 5.94. The normalized spacial score (nSPS) is 14.7. The van der Waals surface area contributed by atoms with Crippen LogP contribution in [0.1, 0.15) is 5.56 Å². The van der Waals surface area contributed by atoms with Crippen LogP contribution >= 0.6 is 23.4 Å². The van der Waals surface area contributed by atoms with Gasteiger partial charge in [-0.05, 0) is 71.3 Å². The molecule has 0 saturated carbocycles. The van der Waals surface area contributed by atoms with Gasteiger partial charge in [0.15, 0.2) is 11.5 Å². The number of nitrogens with zero attached hydrogens (tertiary/aromatic N) is 1. The standard InChI is InChI=1S/C29H22ClNO7S2/c1-36-25-17-19(9-14-24(25)38-40(34,35)27-8-4-6-20-5-2-3-7-23(20)27)18-26-28(32)31(29(33)39-26)15-16-37-22-12-10-21(30)11-13-22/h2-14,17-18H,15-16H2,1H3/b26-18-. The molecule has 0 atom stereocenters. The Kier molecular flexibility index (Phi) is 8.02. The smallest absolute Gasteiger partial charge is 0.339 e. The van der Waals surface area contributed by atoms with Crippen molar-refractivity contribution >= 4 is 61.5 Å². The SMILES string of the molecule is COc1cc(/C=C2\SC(=O)N(CCOc3ccc(Cl)cc3)C2=O)ccc1OS(=O)(=O)c1cccc2ccccc12. The summed E-state index contributed by atoms with van der Waals surface area (Å²) >= 11 is 6.68. The first-order valence-electron chi connectivity index (χ1n) is 12.0. The third-order valence-corrected chi connectivity index (χ3v) is 8.43. The van der Waals surface area contributed by atoms with E-state index in [0.717, 1.165) is 22.0 Å². The Labute approximate surface area is 240 Å². The molecule has 4 aromatic rings. The molecule has 8 nitrogen and oxygen atoms in total. The van der Waals surface area contributed by atoms with Crippen LogP contribution in [0.2, 0.25) is 5.02 Å². The molecular formula is C29H22ClNO7S2. The molecule has 40 heavy (non-hydrogen) atoms. The van der Waals surface area contributed by atoms with Crippen LogP contribution in [0.15, 0.2) is 94.7 Å². The van der Waals surface area contributed by atoms with Crippen LogP contribution in [0.3, 0.4) is 0 Å². The lowest BCUT2D eigenvalue weighted by molar-refractivity contribution is -0.123. The van der Waals surface area contributed by atoms with Gasteiger partial charge in [0.2, 0.25) is 0 Å². The zero-order valence-corrected chi connectivity index (χ0v) is 23.5. The van der Waals surface area contributed by atoms with E-state index in [4.69, 9.17) is 25.3 Å². The van der Waals surface area contributed by atoms with Crippen LogP contribution in [-0.4, -0.2) is 44.7 Å². The van der Waals surface area contributed by atoms with E-state index >= 15 is 0 Å². The van der Waals surface area contributed by atoms with Gasteiger partial charge in [0.05, 0.1) is 18.6 Å². The number of hydrogen-bond donors (Lipinski definition) is 0. The Bertz CT molecular complexity index is 1730. The lowest BCUT2D eigenvalue weighted by Crippen LogP contribution is -2.32. The number of amides is 2. The van der Waals surface area contributed by atoms with Gasteiger partial charge < -0.3 is 13.7 Å². The summed E-state index contributed by atoms with van der Waals surface area (Å²) in [7, 11) is -2.81. The van der Waals surface area contributed by atoms with Crippen LogP contribution in [0, 0.1) is 0 Å². The third-order valence-electron chi connectivity index (χ3n) is 5.97. The molecule has 0 aromatic heterocycles. The van der Waals surface area contributed by atoms with Gasteiger partial charge >= 0.3 is 10.1 Å². The zero-order valence-electron chi connectivity index (χ0n) is 21.1. The lowest BCUT2D eigenvalue weighted by Gasteiger charge is -2.13. The van der Waals surface area contributed by atoms with Gasteiger partial charge in [0.25, 0.3) is 11.1 Å². The number of ether oxygens (including phenoxy) is 2. The maximum absolute atomic E-state index is 13.2. The van der Waals surface area contributed by atoms with Crippen molar-refractivity contribution in [2.45, 2.75) is 4.90 Å². The molecule has 11 heteroatoms. The number of hydrogen-bond acceptors (Lipinski definition) is 8. The Hall–Kier alpha value is -3.99. The van der Waals surface area contributed by atoms with Crippen molar-refractivity contribution in [3.8, 4) is 17.2 Å². The summed E-state index contributed by atoms with van der Waals surface area (Å²) in [6.07, 6.45) is 1.54. The zero-order chi connectivity index (χ0) is 28.3. The van der Waals surface area contributed by atoms with Gasteiger partial charge in [-0.1, -0.05) is 54.1 Å². The molecule has 4 aromatic carbocycles. The Balaban J connectivity index is 1.30. The molecule has 0 bridgehead atoms. The number of thioether (sulfide) groups is 1. The number of benzene rings is 4. The maximum atomic E-state index is 13.2. The van der Waals surface area contributed by atoms with E-state index in [-0.39, 0.29) is 34.5 Å². The van der Waals surface area contributed by atoms with Crippen LogP contribution in [0.25, 0.3) is 16.8 Å². The monoisotopic (exact) mass is 595 g/mol. The Morgan fingerprint density at radius 3 is 2.45 bits per heavy atom. The van der Waals surface area contributed by atoms with Gasteiger partial charge in [-0.3, -0.25) is 14.5 Å². The summed E-state index contributed by atoms with van der Waals surface area (Å²) in [5, 5.41) is 1.46. The number of methoxy groups -OCH3 is 1. The molecule has 1 aliphatic rings. The summed E-state index contributed by atoms with van der Waals surface area (Å²) in [5.41, 5.74) is 0.523. The second-order valence-electron chi connectivity index (χ2n) is 8.56. The van der Waals surface area contributed by atoms with Crippen molar-refractivity contribution in [2.24, 2.45) is 0 Å². The minimum Gasteiger partial charge on any atom is -0.493 e. The van der Waals surface area contributed by atoms with Crippen LogP contribution in [0.5, 0.6) is 17.2 Å². The van der Waals surface area contributed by atoms with E-state index < -0.39 is 21.3 Å². The van der Waals surface area contributed by atoms with E-state index in [1.54, 1.807) is 48.5 Å². The molecule has 1 fully saturated rings.